The fourth-order valence-electron chi connectivity index (χ4n) is 2.81. The topological polar surface area (TPSA) is 66.5 Å². The van der Waals surface area contributed by atoms with E-state index in [4.69, 9.17) is 23.2 Å². The Kier molecular flexibility index (Phi) is 7.00. The summed E-state index contributed by atoms with van der Waals surface area (Å²) < 4.78 is 42.0. The smallest absolute Gasteiger partial charge is 0.264 e. The number of amides is 1. The second kappa shape index (κ2) is 9.51. The molecular formula is C22H17Cl2FN2O3S. The molecule has 0 bridgehead atoms. The summed E-state index contributed by atoms with van der Waals surface area (Å²) in [6, 6.07) is 16.0. The third-order valence-electron chi connectivity index (χ3n) is 4.31. The number of rotatable bonds is 7. The summed E-state index contributed by atoms with van der Waals surface area (Å²) in [6.45, 7) is 3.59. The van der Waals surface area contributed by atoms with E-state index in [-0.39, 0.29) is 27.2 Å². The molecule has 0 fully saturated rings. The molecule has 1 N–H and O–H groups in total. The molecule has 5 nitrogen and oxygen atoms in total. The van der Waals surface area contributed by atoms with Crippen molar-refractivity contribution in [2.24, 2.45) is 0 Å². The molecule has 9 heteroatoms. The fraction of sp³-hybridized carbons (Fsp3) is 0.0455. The monoisotopic (exact) mass is 478 g/mol. The molecule has 3 rings (SSSR count). The van der Waals surface area contributed by atoms with Crippen molar-refractivity contribution in [3.8, 4) is 0 Å². The molecule has 0 unspecified atom stereocenters. The van der Waals surface area contributed by atoms with Gasteiger partial charge in [0.1, 0.15) is 5.82 Å². The standard InChI is InChI=1S/C22H17Cl2FN2O3S/c1-2-13-27(15-7-4-3-5-8-15)31(29,30)16-11-12-19(25)17(14-16)22(28)26-20-10-6-9-18(23)21(20)24/h2-12,14H,1,13H2,(H,26,28). The molecule has 0 aliphatic rings. The molecule has 0 aliphatic carbocycles. The maximum absolute atomic E-state index is 14.4. The number of hydrogen-bond acceptors (Lipinski definition) is 3. The summed E-state index contributed by atoms with van der Waals surface area (Å²) in [5, 5.41) is 2.75. The summed E-state index contributed by atoms with van der Waals surface area (Å²) in [4.78, 5) is 12.4. The lowest BCUT2D eigenvalue weighted by Gasteiger charge is -2.23. The molecule has 3 aromatic carbocycles. The van der Waals surface area contributed by atoms with Crippen molar-refractivity contribution in [1.82, 2.24) is 0 Å². The minimum atomic E-state index is -4.11. The predicted octanol–water partition coefficient (Wildman–Crippen LogP) is 5.77. The van der Waals surface area contributed by atoms with Crippen LogP contribution in [0.1, 0.15) is 10.4 Å². The van der Waals surface area contributed by atoms with Crippen LogP contribution in [0, 0.1) is 5.82 Å². The average molecular weight is 479 g/mol. The molecule has 0 saturated heterocycles. The zero-order valence-electron chi connectivity index (χ0n) is 16.1. The second-order valence-corrected chi connectivity index (χ2v) is 9.00. The Morgan fingerprint density at radius 2 is 1.77 bits per heavy atom. The highest BCUT2D eigenvalue weighted by Gasteiger charge is 2.26. The number of anilines is 2. The number of halogens is 3. The largest absolute Gasteiger partial charge is 0.320 e. The zero-order valence-corrected chi connectivity index (χ0v) is 18.4. The number of sulfonamides is 1. The van der Waals surface area contributed by atoms with Gasteiger partial charge in [0.15, 0.2) is 0 Å². The van der Waals surface area contributed by atoms with Crippen molar-refractivity contribution >= 4 is 50.5 Å². The van der Waals surface area contributed by atoms with Gasteiger partial charge in [-0.3, -0.25) is 9.10 Å². The summed E-state index contributed by atoms with van der Waals surface area (Å²) in [5.41, 5.74) is 0.122. The van der Waals surface area contributed by atoms with Crippen LogP contribution in [0.3, 0.4) is 0 Å². The van der Waals surface area contributed by atoms with Gasteiger partial charge < -0.3 is 5.32 Å². The number of hydrogen-bond donors (Lipinski definition) is 1. The highest BCUT2D eigenvalue weighted by molar-refractivity contribution is 7.92. The maximum Gasteiger partial charge on any atom is 0.264 e. The third-order valence-corrected chi connectivity index (χ3v) is 6.92. The normalized spacial score (nSPS) is 11.1. The van der Waals surface area contributed by atoms with Crippen LogP contribution in [-0.4, -0.2) is 20.9 Å². The van der Waals surface area contributed by atoms with Crippen LogP contribution in [0.25, 0.3) is 0 Å². The van der Waals surface area contributed by atoms with Crippen LogP contribution in [0.4, 0.5) is 15.8 Å². The van der Waals surface area contributed by atoms with Gasteiger partial charge in [-0.05, 0) is 42.5 Å². The molecule has 1 amide bonds. The van der Waals surface area contributed by atoms with Gasteiger partial charge in [0, 0.05) is 0 Å². The van der Waals surface area contributed by atoms with Crippen LogP contribution in [0.15, 0.2) is 84.3 Å². The predicted molar refractivity (Wildman–Crippen MR) is 122 cm³/mol. The van der Waals surface area contributed by atoms with Crippen molar-refractivity contribution in [3.63, 3.8) is 0 Å². The van der Waals surface area contributed by atoms with Gasteiger partial charge in [0.05, 0.1) is 38.4 Å². The first kappa shape index (κ1) is 22.8. The second-order valence-electron chi connectivity index (χ2n) is 6.36. The Balaban J connectivity index is 2.00. The van der Waals surface area contributed by atoms with Gasteiger partial charge in [0.25, 0.3) is 15.9 Å². The van der Waals surface area contributed by atoms with E-state index in [1.165, 1.54) is 18.2 Å². The van der Waals surface area contributed by atoms with E-state index in [1.54, 1.807) is 36.4 Å². The molecule has 0 aromatic heterocycles. The lowest BCUT2D eigenvalue weighted by Crippen LogP contribution is -2.31. The van der Waals surface area contributed by atoms with E-state index in [0.29, 0.717) is 5.69 Å². The number of carbonyl (C=O) groups is 1. The van der Waals surface area contributed by atoms with Gasteiger partial charge >= 0.3 is 0 Å². The fourth-order valence-corrected chi connectivity index (χ4v) is 4.62. The van der Waals surface area contributed by atoms with E-state index in [0.717, 1.165) is 22.5 Å². The molecular weight excluding hydrogens is 462 g/mol. The van der Waals surface area contributed by atoms with Gasteiger partial charge in [0.2, 0.25) is 0 Å². The van der Waals surface area contributed by atoms with Gasteiger partial charge in [-0.25, -0.2) is 12.8 Å². The number of benzene rings is 3. The lowest BCUT2D eigenvalue weighted by molar-refractivity contribution is 0.102. The van der Waals surface area contributed by atoms with E-state index < -0.39 is 27.3 Å². The Bertz CT molecular complexity index is 1230. The Morgan fingerprint density at radius 3 is 2.45 bits per heavy atom. The van der Waals surface area contributed by atoms with Crippen molar-refractivity contribution < 1.29 is 17.6 Å². The first-order valence-corrected chi connectivity index (χ1v) is 11.2. The quantitative estimate of drug-likeness (QED) is 0.438. The number of carbonyl (C=O) groups excluding carboxylic acids is 1. The Labute approximate surface area is 189 Å². The molecule has 0 radical (unpaired) electrons. The molecule has 3 aromatic rings. The molecule has 0 saturated carbocycles. The molecule has 0 aliphatic heterocycles. The van der Waals surface area contributed by atoms with Crippen molar-refractivity contribution in [2.75, 3.05) is 16.2 Å². The number of para-hydroxylation sites is 1. The van der Waals surface area contributed by atoms with Crippen molar-refractivity contribution in [2.45, 2.75) is 4.90 Å². The Morgan fingerprint density at radius 1 is 1.06 bits per heavy atom. The minimum Gasteiger partial charge on any atom is -0.320 e. The van der Waals surface area contributed by atoms with Gasteiger partial charge in [-0.2, -0.15) is 0 Å². The summed E-state index contributed by atoms with van der Waals surface area (Å²) in [6.07, 6.45) is 1.43. The molecule has 31 heavy (non-hydrogen) atoms. The lowest BCUT2D eigenvalue weighted by atomic mass is 10.2. The SMILES string of the molecule is C=CCN(c1ccccc1)S(=O)(=O)c1ccc(F)c(C(=O)Nc2cccc(Cl)c2Cl)c1. The van der Waals surface area contributed by atoms with E-state index in [2.05, 4.69) is 11.9 Å². The van der Waals surface area contributed by atoms with Crippen LogP contribution >= 0.6 is 23.2 Å². The number of nitrogens with one attached hydrogen (secondary N) is 1. The molecule has 0 heterocycles. The van der Waals surface area contributed by atoms with E-state index in [9.17, 15) is 17.6 Å². The van der Waals surface area contributed by atoms with Crippen LogP contribution in [0.2, 0.25) is 10.0 Å². The average Bonchev–Trinajstić information content (AvgIpc) is 2.75. The first-order chi connectivity index (χ1) is 14.8. The van der Waals surface area contributed by atoms with Crippen LogP contribution < -0.4 is 9.62 Å². The summed E-state index contributed by atoms with van der Waals surface area (Å²) in [7, 11) is -4.11. The van der Waals surface area contributed by atoms with Crippen LogP contribution in [-0.2, 0) is 10.0 Å². The third kappa shape index (κ3) is 4.90. The highest BCUT2D eigenvalue weighted by atomic mass is 35.5. The summed E-state index contributed by atoms with van der Waals surface area (Å²) in [5.74, 6) is -1.75. The van der Waals surface area contributed by atoms with E-state index in [1.807, 2.05) is 0 Å². The van der Waals surface area contributed by atoms with Gasteiger partial charge in [-0.15, -0.1) is 6.58 Å². The van der Waals surface area contributed by atoms with Crippen LogP contribution in [0.5, 0.6) is 0 Å². The molecule has 160 valence electrons. The van der Waals surface area contributed by atoms with Gasteiger partial charge in [-0.1, -0.05) is 53.5 Å². The zero-order chi connectivity index (χ0) is 22.6. The van der Waals surface area contributed by atoms with Crippen molar-refractivity contribution in [3.05, 3.63) is 101 Å². The molecule has 0 spiro atoms. The van der Waals surface area contributed by atoms with Crippen molar-refractivity contribution in [1.29, 1.82) is 0 Å². The highest BCUT2D eigenvalue weighted by Crippen LogP contribution is 2.30. The molecule has 0 atom stereocenters. The first-order valence-electron chi connectivity index (χ1n) is 8.99. The minimum absolute atomic E-state index is 0.0105. The Hall–Kier alpha value is -2.87. The summed E-state index contributed by atoms with van der Waals surface area (Å²) >= 11 is 12.0. The van der Waals surface area contributed by atoms with E-state index >= 15 is 0 Å². The maximum atomic E-state index is 14.4. The number of nitrogens with zero attached hydrogens (tertiary/aromatic N) is 1.